The molecule has 1 aromatic heterocycles. The molecule has 182 valence electrons. The molecule has 3 aromatic carbocycles. The molecule has 0 aliphatic carbocycles. The SMILES string of the molecule is O=C(N[C@@H](Cc1ccccc1)c1nc2ccccc2[nH]1)[C@H]1CC(=O)N(c2ccc3c(c2)OCCO3)C1. The number of fused-ring (bicyclic) bond motifs is 2. The highest BCUT2D eigenvalue weighted by Crippen LogP contribution is 2.36. The van der Waals surface area contributed by atoms with E-state index in [2.05, 4.69) is 10.3 Å². The minimum absolute atomic E-state index is 0.0878. The lowest BCUT2D eigenvalue weighted by Crippen LogP contribution is -2.37. The number of anilines is 1. The molecule has 0 unspecified atom stereocenters. The van der Waals surface area contributed by atoms with E-state index in [0.29, 0.717) is 49.2 Å². The molecule has 6 rings (SSSR count). The maximum Gasteiger partial charge on any atom is 0.227 e. The minimum Gasteiger partial charge on any atom is -0.486 e. The van der Waals surface area contributed by atoms with E-state index in [1.54, 1.807) is 11.0 Å². The number of rotatable bonds is 6. The highest BCUT2D eigenvalue weighted by molar-refractivity contribution is 6.00. The topological polar surface area (TPSA) is 96.5 Å². The van der Waals surface area contributed by atoms with Gasteiger partial charge in [-0.2, -0.15) is 0 Å². The number of ether oxygens (including phenoxy) is 2. The van der Waals surface area contributed by atoms with Crippen LogP contribution in [0, 0.1) is 5.92 Å². The Labute approximate surface area is 208 Å². The Morgan fingerprint density at radius 3 is 2.64 bits per heavy atom. The molecule has 1 saturated heterocycles. The van der Waals surface area contributed by atoms with Gasteiger partial charge in [0, 0.05) is 24.7 Å². The van der Waals surface area contributed by atoms with Crippen LogP contribution in [0.5, 0.6) is 11.5 Å². The number of aromatic amines is 1. The van der Waals surface area contributed by atoms with E-state index in [1.807, 2.05) is 66.7 Å². The summed E-state index contributed by atoms with van der Waals surface area (Å²) in [6, 6.07) is 22.9. The van der Waals surface area contributed by atoms with E-state index in [9.17, 15) is 9.59 Å². The summed E-state index contributed by atoms with van der Waals surface area (Å²) in [7, 11) is 0. The number of nitrogens with zero attached hydrogens (tertiary/aromatic N) is 2. The smallest absolute Gasteiger partial charge is 0.227 e. The molecule has 0 bridgehead atoms. The summed E-state index contributed by atoms with van der Waals surface area (Å²) in [5.74, 6) is 1.27. The van der Waals surface area contributed by atoms with E-state index < -0.39 is 5.92 Å². The van der Waals surface area contributed by atoms with Crippen LogP contribution >= 0.6 is 0 Å². The van der Waals surface area contributed by atoms with Gasteiger partial charge in [0.25, 0.3) is 0 Å². The average molecular weight is 483 g/mol. The Kier molecular flexibility index (Phi) is 5.77. The average Bonchev–Trinajstić information content (AvgIpc) is 3.52. The minimum atomic E-state index is -0.464. The Hall–Kier alpha value is -4.33. The zero-order valence-corrected chi connectivity index (χ0v) is 19.6. The van der Waals surface area contributed by atoms with E-state index in [1.165, 1.54) is 0 Å². The number of amides is 2. The molecule has 1 fully saturated rings. The van der Waals surface area contributed by atoms with Crippen molar-refractivity contribution in [3.8, 4) is 11.5 Å². The maximum absolute atomic E-state index is 13.4. The fraction of sp³-hybridized carbons (Fsp3) is 0.250. The third kappa shape index (κ3) is 4.37. The summed E-state index contributed by atoms with van der Waals surface area (Å²) >= 11 is 0. The van der Waals surface area contributed by atoms with Gasteiger partial charge in [-0.1, -0.05) is 42.5 Å². The van der Waals surface area contributed by atoms with Crippen LogP contribution in [0.3, 0.4) is 0 Å². The second-order valence-electron chi connectivity index (χ2n) is 9.12. The van der Waals surface area contributed by atoms with Crippen LogP contribution < -0.4 is 19.7 Å². The van der Waals surface area contributed by atoms with Crippen LogP contribution in [-0.4, -0.2) is 41.5 Å². The van der Waals surface area contributed by atoms with Crippen LogP contribution in [0.2, 0.25) is 0 Å². The van der Waals surface area contributed by atoms with Crippen molar-refractivity contribution in [2.75, 3.05) is 24.7 Å². The molecule has 2 aliphatic rings. The van der Waals surface area contributed by atoms with Crippen LogP contribution in [-0.2, 0) is 16.0 Å². The van der Waals surface area contributed by atoms with Crippen molar-refractivity contribution in [1.82, 2.24) is 15.3 Å². The quantitative estimate of drug-likeness (QED) is 0.436. The molecule has 0 saturated carbocycles. The number of carbonyl (C=O) groups excluding carboxylic acids is 2. The lowest BCUT2D eigenvalue weighted by atomic mass is 10.0. The molecule has 8 heteroatoms. The van der Waals surface area contributed by atoms with Gasteiger partial charge in [0.2, 0.25) is 11.8 Å². The molecule has 2 N–H and O–H groups in total. The Balaban J connectivity index is 1.21. The van der Waals surface area contributed by atoms with E-state index in [4.69, 9.17) is 14.5 Å². The molecule has 2 aliphatic heterocycles. The molecule has 0 spiro atoms. The van der Waals surface area contributed by atoms with Gasteiger partial charge in [-0.3, -0.25) is 9.59 Å². The van der Waals surface area contributed by atoms with Crippen molar-refractivity contribution in [1.29, 1.82) is 0 Å². The summed E-state index contributed by atoms with van der Waals surface area (Å²) in [4.78, 5) is 36.0. The number of hydrogen-bond donors (Lipinski definition) is 2. The van der Waals surface area contributed by atoms with E-state index in [0.717, 1.165) is 16.6 Å². The lowest BCUT2D eigenvalue weighted by molar-refractivity contribution is -0.127. The van der Waals surface area contributed by atoms with Crippen molar-refractivity contribution >= 4 is 28.5 Å². The monoisotopic (exact) mass is 482 g/mol. The van der Waals surface area contributed by atoms with Gasteiger partial charge in [-0.15, -0.1) is 0 Å². The maximum atomic E-state index is 13.4. The molecule has 3 heterocycles. The van der Waals surface area contributed by atoms with Crippen LogP contribution in [0.4, 0.5) is 5.69 Å². The standard InChI is InChI=1S/C28H26N4O4/c33-26-15-19(17-32(26)20-10-11-24-25(16-20)36-13-12-35-24)28(34)31-23(14-18-6-2-1-3-7-18)27-29-21-8-4-5-9-22(21)30-27/h1-11,16,19,23H,12-15,17H2,(H,29,30)(H,31,34)/t19-,23-/m0/s1. The summed E-state index contributed by atoms with van der Waals surface area (Å²) in [5, 5.41) is 3.17. The summed E-state index contributed by atoms with van der Waals surface area (Å²) in [5.41, 5.74) is 3.56. The van der Waals surface area contributed by atoms with Crippen molar-refractivity contribution < 1.29 is 19.1 Å². The Morgan fingerprint density at radius 1 is 1.03 bits per heavy atom. The molecule has 0 radical (unpaired) electrons. The van der Waals surface area contributed by atoms with E-state index in [-0.39, 0.29) is 24.3 Å². The Morgan fingerprint density at radius 2 is 1.81 bits per heavy atom. The van der Waals surface area contributed by atoms with Crippen LogP contribution in [0.1, 0.15) is 23.9 Å². The van der Waals surface area contributed by atoms with Crippen molar-refractivity contribution in [3.05, 3.63) is 84.2 Å². The fourth-order valence-corrected chi connectivity index (χ4v) is 4.83. The number of H-pyrrole nitrogens is 1. The molecule has 36 heavy (non-hydrogen) atoms. The zero-order valence-electron chi connectivity index (χ0n) is 19.6. The van der Waals surface area contributed by atoms with Crippen molar-refractivity contribution in [2.45, 2.75) is 18.9 Å². The first-order chi connectivity index (χ1) is 17.6. The third-order valence-electron chi connectivity index (χ3n) is 6.67. The highest BCUT2D eigenvalue weighted by Gasteiger charge is 2.36. The molecule has 4 aromatic rings. The first-order valence-corrected chi connectivity index (χ1v) is 12.1. The fourth-order valence-electron chi connectivity index (χ4n) is 4.83. The number of imidazole rings is 1. The molecule has 8 nitrogen and oxygen atoms in total. The third-order valence-corrected chi connectivity index (χ3v) is 6.67. The number of hydrogen-bond acceptors (Lipinski definition) is 5. The summed E-state index contributed by atoms with van der Waals surface area (Å²) < 4.78 is 11.2. The predicted molar refractivity (Wildman–Crippen MR) is 135 cm³/mol. The second-order valence-corrected chi connectivity index (χ2v) is 9.12. The van der Waals surface area contributed by atoms with E-state index >= 15 is 0 Å². The molecule has 2 amide bonds. The number of nitrogens with one attached hydrogen (secondary N) is 2. The summed E-state index contributed by atoms with van der Waals surface area (Å²) in [6.45, 7) is 1.29. The number of para-hydroxylation sites is 2. The number of aromatic nitrogens is 2. The van der Waals surface area contributed by atoms with Gasteiger partial charge in [0.05, 0.1) is 23.0 Å². The summed E-state index contributed by atoms with van der Waals surface area (Å²) in [6.07, 6.45) is 0.734. The zero-order chi connectivity index (χ0) is 24.5. The first kappa shape index (κ1) is 22.2. The molecular weight excluding hydrogens is 456 g/mol. The van der Waals surface area contributed by atoms with Gasteiger partial charge in [-0.25, -0.2) is 4.98 Å². The highest BCUT2D eigenvalue weighted by atomic mass is 16.6. The predicted octanol–water partition coefficient (Wildman–Crippen LogP) is 3.79. The van der Waals surface area contributed by atoms with Crippen molar-refractivity contribution in [2.24, 2.45) is 5.92 Å². The molecule has 2 atom stereocenters. The van der Waals surface area contributed by atoms with Gasteiger partial charge < -0.3 is 24.7 Å². The van der Waals surface area contributed by atoms with Crippen LogP contribution in [0.25, 0.3) is 11.0 Å². The molecular formula is C28H26N4O4. The van der Waals surface area contributed by atoms with Crippen molar-refractivity contribution in [3.63, 3.8) is 0 Å². The van der Waals surface area contributed by atoms with Crippen LogP contribution in [0.15, 0.2) is 72.8 Å². The lowest BCUT2D eigenvalue weighted by Gasteiger charge is -2.22. The van der Waals surface area contributed by atoms with Gasteiger partial charge in [-0.05, 0) is 36.2 Å². The normalized spacial score (nSPS) is 17.8. The second kappa shape index (κ2) is 9.37. The Bertz CT molecular complexity index is 1380. The first-order valence-electron chi connectivity index (χ1n) is 12.1. The number of benzene rings is 3. The van der Waals surface area contributed by atoms with Gasteiger partial charge >= 0.3 is 0 Å². The van der Waals surface area contributed by atoms with Gasteiger partial charge in [0.1, 0.15) is 19.0 Å². The largest absolute Gasteiger partial charge is 0.486 e. The van der Waals surface area contributed by atoms with Gasteiger partial charge in [0.15, 0.2) is 11.5 Å². The number of carbonyl (C=O) groups is 2.